The Morgan fingerprint density at radius 1 is 1.05 bits per heavy atom. The second-order valence-corrected chi connectivity index (χ2v) is 10.9. The molecule has 41 heavy (non-hydrogen) atoms. The van der Waals surface area contributed by atoms with E-state index in [9.17, 15) is 14.7 Å². The van der Waals surface area contributed by atoms with E-state index in [1.807, 2.05) is 31.2 Å². The summed E-state index contributed by atoms with van der Waals surface area (Å²) in [6.07, 6.45) is 3.37. The third-order valence-corrected chi connectivity index (χ3v) is 7.95. The summed E-state index contributed by atoms with van der Waals surface area (Å²) in [5.41, 5.74) is 2.21. The van der Waals surface area contributed by atoms with Crippen LogP contribution in [0.15, 0.2) is 42.0 Å². The highest BCUT2D eigenvalue weighted by molar-refractivity contribution is 6.46. The molecule has 9 heteroatoms. The van der Waals surface area contributed by atoms with Gasteiger partial charge in [0.2, 0.25) is 0 Å². The Hall–Kier alpha value is -3.56. The minimum Gasteiger partial charge on any atom is -0.507 e. The molecule has 2 fully saturated rings. The Labute approximate surface area is 241 Å². The predicted octanol–water partition coefficient (Wildman–Crippen LogP) is 4.34. The van der Waals surface area contributed by atoms with Crippen molar-refractivity contribution in [3.8, 4) is 17.2 Å². The van der Waals surface area contributed by atoms with Gasteiger partial charge in [-0.3, -0.25) is 14.5 Å². The molecule has 220 valence electrons. The molecule has 2 aromatic rings. The normalized spacial score (nSPS) is 22.1. The Morgan fingerprint density at radius 3 is 2.61 bits per heavy atom. The number of morpholine rings is 1. The summed E-state index contributed by atoms with van der Waals surface area (Å²) in [6.45, 7) is 8.90. The van der Waals surface area contributed by atoms with E-state index in [4.69, 9.17) is 18.9 Å². The van der Waals surface area contributed by atoms with Gasteiger partial charge in [0.1, 0.15) is 17.6 Å². The van der Waals surface area contributed by atoms with Gasteiger partial charge in [-0.1, -0.05) is 19.4 Å². The molecule has 0 bridgehead atoms. The molecule has 0 spiro atoms. The second kappa shape index (κ2) is 13.0. The molecule has 1 N–H and O–H groups in total. The number of hydrogen-bond donors (Lipinski definition) is 1. The highest BCUT2D eigenvalue weighted by atomic mass is 16.5. The molecular formula is C32H40N2O7. The van der Waals surface area contributed by atoms with Crippen molar-refractivity contribution in [1.82, 2.24) is 9.80 Å². The molecule has 1 amide bonds. The number of ether oxygens (including phenoxy) is 4. The maximum Gasteiger partial charge on any atom is 0.295 e. The lowest BCUT2D eigenvalue weighted by Crippen LogP contribution is -2.39. The van der Waals surface area contributed by atoms with E-state index in [0.717, 1.165) is 43.8 Å². The molecule has 3 heterocycles. The summed E-state index contributed by atoms with van der Waals surface area (Å²) in [5, 5.41) is 11.6. The van der Waals surface area contributed by atoms with Gasteiger partial charge in [-0.25, -0.2) is 0 Å². The molecule has 2 saturated heterocycles. The monoisotopic (exact) mass is 564 g/mol. The molecule has 2 atom stereocenters. The van der Waals surface area contributed by atoms with E-state index in [-0.39, 0.29) is 17.4 Å². The molecule has 3 aliphatic heterocycles. The van der Waals surface area contributed by atoms with E-state index >= 15 is 0 Å². The van der Waals surface area contributed by atoms with E-state index in [0.29, 0.717) is 61.8 Å². The van der Waals surface area contributed by atoms with Gasteiger partial charge in [-0.15, -0.1) is 0 Å². The number of methoxy groups -OCH3 is 1. The van der Waals surface area contributed by atoms with Crippen molar-refractivity contribution in [2.45, 2.75) is 51.7 Å². The Morgan fingerprint density at radius 2 is 1.85 bits per heavy atom. The van der Waals surface area contributed by atoms with E-state index in [1.165, 1.54) is 0 Å². The summed E-state index contributed by atoms with van der Waals surface area (Å²) in [6, 6.07) is 10.1. The highest BCUT2D eigenvalue weighted by Crippen LogP contribution is 2.43. The summed E-state index contributed by atoms with van der Waals surface area (Å²) in [7, 11) is 1.57. The Bertz CT molecular complexity index is 1300. The highest BCUT2D eigenvalue weighted by Gasteiger charge is 2.46. The number of fused-ring (bicyclic) bond motifs is 1. The van der Waals surface area contributed by atoms with Crippen molar-refractivity contribution in [2.24, 2.45) is 0 Å². The zero-order valence-corrected chi connectivity index (χ0v) is 24.2. The largest absolute Gasteiger partial charge is 0.507 e. The summed E-state index contributed by atoms with van der Waals surface area (Å²) < 4.78 is 22.8. The smallest absolute Gasteiger partial charge is 0.295 e. The third-order valence-electron chi connectivity index (χ3n) is 7.95. The molecule has 0 saturated carbocycles. The first-order valence-electron chi connectivity index (χ1n) is 14.6. The van der Waals surface area contributed by atoms with E-state index in [1.54, 1.807) is 24.1 Å². The third kappa shape index (κ3) is 6.21. The van der Waals surface area contributed by atoms with Crippen molar-refractivity contribution in [2.75, 3.05) is 53.1 Å². The van der Waals surface area contributed by atoms with Gasteiger partial charge in [0.15, 0.2) is 11.5 Å². The van der Waals surface area contributed by atoms with Crippen LogP contribution >= 0.6 is 0 Å². The van der Waals surface area contributed by atoms with Crippen molar-refractivity contribution < 1.29 is 33.6 Å². The molecule has 3 aliphatic rings. The molecule has 9 nitrogen and oxygen atoms in total. The van der Waals surface area contributed by atoms with Gasteiger partial charge in [0, 0.05) is 38.2 Å². The number of benzene rings is 2. The van der Waals surface area contributed by atoms with Crippen LogP contribution in [-0.2, 0) is 20.7 Å². The fourth-order valence-electron chi connectivity index (χ4n) is 5.77. The minimum absolute atomic E-state index is 0.0463. The quantitative estimate of drug-likeness (QED) is 0.186. The number of aliphatic hydroxyl groups excluding tert-OH is 1. The van der Waals surface area contributed by atoms with E-state index < -0.39 is 17.7 Å². The summed E-state index contributed by atoms with van der Waals surface area (Å²) in [5.74, 6) is 0.402. The molecule has 0 aliphatic carbocycles. The van der Waals surface area contributed by atoms with Crippen LogP contribution in [0.5, 0.6) is 17.2 Å². The standard InChI is InChI=1S/C32H40N2O7/c1-4-5-15-40-26-10-7-22(20-27(26)38-3)29-28(30(35)23-8-9-25-24(19-23)18-21(2)41-25)31(36)32(37)34(29)12-6-11-33-13-16-39-17-14-33/h7-10,19-21,29,35H,4-6,11-18H2,1-3H3/b30-28+. The number of ketones is 1. The van der Waals surface area contributed by atoms with Crippen LogP contribution in [-0.4, -0.2) is 85.8 Å². The van der Waals surface area contributed by atoms with E-state index in [2.05, 4.69) is 11.8 Å². The van der Waals surface area contributed by atoms with Crippen molar-refractivity contribution >= 4 is 17.4 Å². The Balaban J connectivity index is 1.50. The lowest BCUT2D eigenvalue weighted by atomic mass is 9.94. The number of Topliss-reactive ketones (excluding diaryl/α,β-unsaturated/α-hetero) is 1. The molecule has 0 radical (unpaired) electrons. The van der Waals surface area contributed by atoms with Gasteiger partial charge in [-0.2, -0.15) is 0 Å². The number of unbranched alkanes of at least 4 members (excludes halogenated alkanes) is 1. The van der Waals surface area contributed by atoms with Gasteiger partial charge in [0.25, 0.3) is 11.7 Å². The summed E-state index contributed by atoms with van der Waals surface area (Å²) in [4.78, 5) is 30.9. The van der Waals surface area contributed by atoms with Crippen molar-refractivity contribution in [1.29, 1.82) is 0 Å². The minimum atomic E-state index is -0.762. The maximum absolute atomic E-state index is 13.5. The van der Waals surface area contributed by atoms with Crippen molar-refractivity contribution in [3.63, 3.8) is 0 Å². The number of aliphatic hydroxyl groups is 1. The SMILES string of the molecule is CCCCOc1ccc(C2/C(=C(\O)c3ccc4c(c3)CC(C)O4)C(=O)C(=O)N2CCCN2CCOCC2)cc1OC. The zero-order valence-electron chi connectivity index (χ0n) is 24.2. The topological polar surface area (TPSA) is 97.8 Å². The number of rotatable bonds is 11. The first-order valence-corrected chi connectivity index (χ1v) is 14.6. The predicted molar refractivity (Wildman–Crippen MR) is 155 cm³/mol. The number of amides is 1. The lowest BCUT2D eigenvalue weighted by Gasteiger charge is -2.29. The molecular weight excluding hydrogens is 524 g/mol. The van der Waals surface area contributed by atoms with Crippen LogP contribution in [0.3, 0.4) is 0 Å². The number of carbonyl (C=O) groups is 2. The zero-order chi connectivity index (χ0) is 28.9. The average Bonchev–Trinajstić information content (AvgIpc) is 3.48. The van der Waals surface area contributed by atoms with Crippen LogP contribution in [0.2, 0.25) is 0 Å². The molecule has 0 aromatic heterocycles. The molecule has 2 aromatic carbocycles. The van der Waals surface area contributed by atoms with Gasteiger partial charge >= 0.3 is 0 Å². The van der Waals surface area contributed by atoms with Crippen LogP contribution < -0.4 is 14.2 Å². The van der Waals surface area contributed by atoms with Crippen LogP contribution in [0.1, 0.15) is 55.8 Å². The van der Waals surface area contributed by atoms with Crippen molar-refractivity contribution in [3.05, 3.63) is 58.7 Å². The second-order valence-electron chi connectivity index (χ2n) is 10.9. The Kier molecular flexibility index (Phi) is 9.15. The van der Waals surface area contributed by atoms with Gasteiger partial charge < -0.3 is 29.0 Å². The number of nitrogens with zero attached hydrogens (tertiary/aromatic N) is 2. The fraction of sp³-hybridized carbons (Fsp3) is 0.500. The maximum atomic E-state index is 13.5. The van der Waals surface area contributed by atoms with Gasteiger partial charge in [-0.05, 0) is 61.2 Å². The first kappa shape index (κ1) is 29.0. The van der Waals surface area contributed by atoms with Gasteiger partial charge in [0.05, 0.1) is 38.5 Å². The van der Waals surface area contributed by atoms with Crippen LogP contribution in [0.4, 0.5) is 0 Å². The van der Waals surface area contributed by atoms with Crippen LogP contribution in [0, 0.1) is 0 Å². The number of likely N-dealkylation sites (tertiary alicyclic amines) is 1. The number of carbonyl (C=O) groups excluding carboxylic acids is 2. The number of hydrogen-bond acceptors (Lipinski definition) is 8. The molecule has 5 rings (SSSR count). The van der Waals surface area contributed by atoms with Crippen LogP contribution in [0.25, 0.3) is 5.76 Å². The first-order chi connectivity index (χ1) is 19.9. The summed E-state index contributed by atoms with van der Waals surface area (Å²) >= 11 is 0. The average molecular weight is 565 g/mol. The lowest BCUT2D eigenvalue weighted by molar-refractivity contribution is -0.140. The molecule has 2 unspecified atom stereocenters. The fourth-order valence-corrected chi connectivity index (χ4v) is 5.77.